The molecular formula is C16H22FNO4S. The van der Waals surface area contributed by atoms with Gasteiger partial charge < -0.3 is 4.74 Å². The quantitative estimate of drug-likeness (QED) is 0.825. The van der Waals surface area contributed by atoms with Crippen LogP contribution in [0.25, 0.3) is 0 Å². The van der Waals surface area contributed by atoms with E-state index in [1.165, 1.54) is 18.2 Å². The summed E-state index contributed by atoms with van der Waals surface area (Å²) in [6.45, 7) is 1.53. The molecule has 5 nitrogen and oxygen atoms in total. The summed E-state index contributed by atoms with van der Waals surface area (Å²) >= 11 is 0. The molecule has 23 heavy (non-hydrogen) atoms. The largest absolute Gasteiger partial charge is 0.381 e. The molecule has 1 saturated heterocycles. The number of ether oxygens (including phenoxy) is 1. The van der Waals surface area contributed by atoms with E-state index >= 15 is 0 Å². The molecule has 1 heterocycles. The third-order valence-corrected chi connectivity index (χ3v) is 5.12. The van der Waals surface area contributed by atoms with E-state index in [4.69, 9.17) is 4.74 Å². The zero-order valence-electron chi connectivity index (χ0n) is 13.0. The molecular weight excluding hydrogens is 321 g/mol. The fourth-order valence-electron chi connectivity index (χ4n) is 2.69. The van der Waals surface area contributed by atoms with Crippen LogP contribution in [0, 0.1) is 11.7 Å². The Bertz CT molecular complexity index is 627. The van der Waals surface area contributed by atoms with Gasteiger partial charge in [0.15, 0.2) is 0 Å². The van der Waals surface area contributed by atoms with Gasteiger partial charge in [-0.15, -0.1) is 0 Å². The lowest BCUT2D eigenvalue weighted by molar-refractivity contribution is -0.119. The summed E-state index contributed by atoms with van der Waals surface area (Å²) in [6.07, 6.45) is 3.74. The number of nitrogens with one attached hydrogen (secondary N) is 1. The molecule has 2 rings (SSSR count). The highest BCUT2D eigenvalue weighted by atomic mass is 32.2. The minimum absolute atomic E-state index is 0.180. The molecule has 0 spiro atoms. The van der Waals surface area contributed by atoms with Crippen LogP contribution >= 0.6 is 0 Å². The van der Waals surface area contributed by atoms with Gasteiger partial charge in [-0.2, -0.15) is 0 Å². The molecule has 0 saturated carbocycles. The van der Waals surface area contributed by atoms with Gasteiger partial charge in [0, 0.05) is 19.6 Å². The minimum atomic E-state index is -3.79. The van der Waals surface area contributed by atoms with E-state index < -0.39 is 27.5 Å². The average molecular weight is 343 g/mol. The maximum absolute atomic E-state index is 13.1. The molecule has 1 fully saturated rings. The van der Waals surface area contributed by atoms with Gasteiger partial charge in [0.1, 0.15) is 5.82 Å². The number of carbonyl (C=O) groups excluding carboxylic acids is 1. The SMILES string of the molecule is O=C(CCCC1CCOCC1)NS(=O)(=O)Cc1cccc(F)c1. The summed E-state index contributed by atoms with van der Waals surface area (Å²) in [5.41, 5.74) is 0.313. The molecule has 1 aromatic rings. The number of carbonyl (C=O) groups is 1. The van der Waals surface area contributed by atoms with Gasteiger partial charge in [0.25, 0.3) is 0 Å². The van der Waals surface area contributed by atoms with Gasteiger partial charge in [0.2, 0.25) is 15.9 Å². The predicted octanol–water partition coefficient (Wildman–Crippen LogP) is 2.37. The van der Waals surface area contributed by atoms with Crippen LogP contribution in [0.2, 0.25) is 0 Å². The first-order valence-electron chi connectivity index (χ1n) is 7.80. The Balaban J connectivity index is 1.74. The first-order chi connectivity index (χ1) is 10.9. The van der Waals surface area contributed by atoms with Crippen LogP contribution in [0.4, 0.5) is 4.39 Å². The van der Waals surface area contributed by atoms with Crippen molar-refractivity contribution in [3.05, 3.63) is 35.6 Å². The molecule has 0 atom stereocenters. The highest BCUT2D eigenvalue weighted by Gasteiger charge is 2.17. The van der Waals surface area contributed by atoms with Crippen molar-refractivity contribution in [1.82, 2.24) is 4.72 Å². The summed E-state index contributed by atoms with van der Waals surface area (Å²) in [5.74, 6) is -0.856. The van der Waals surface area contributed by atoms with Gasteiger partial charge in [-0.05, 0) is 49.3 Å². The van der Waals surface area contributed by atoms with Crippen LogP contribution < -0.4 is 4.72 Å². The van der Waals surface area contributed by atoms with Crippen LogP contribution in [-0.4, -0.2) is 27.5 Å². The number of rotatable bonds is 7. The maximum atomic E-state index is 13.1. The van der Waals surface area contributed by atoms with E-state index in [-0.39, 0.29) is 6.42 Å². The molecule has 7 heteroatoms. The zero-order chi connectivity index (χ0) is 16.7. The van der Waals surface area contributed by atoms with E-state index in [2.05, 4.69) is 0 Å². The lowest BCUT2D eigenvalue weighted by atomic mass is 9.94. The molecule has 1 amide bonds. The zero-order valence-corrected chi connectivity index (χ0v) is 13.8. The average Bonchev–Trinajstić information content (AvgIpc) is 2.47. The van der Waals surface area contributed by atoms with Crippen molar-refractivity contribution in [3.8, 4) is 0 Å². The molecule has 0 unspecified atom stereocenters. The topological polar surface area (TPSA) is 72.5 Å². The summed E-state index contributed by atoms with van der Waals surface area (Å²) in [5, 5.41) is 0. The molecule has 1 aliphatic rings. The Hall–Kier alpha value is -1.47. The maximum Gasteiger partial charge on any atom is 0.239 e. The molecule has 0 radical (unpaired) electrons. The number of amides is 1. The van der Waals surface area contributed by atoms with Crippen LogP contribution in [0.3, 0.4) is 0 Å². The lowest BCUT2D eigenvalue weighted by Gasteiger charge is -2.21. The predicted molar refractivity (Wildman–Crippen MR) is 84.6 cm³/mol. The van der Waals surface area contributed by atoms with Crippen molar-refractivity contribution in [3.63, 3.8) is 0 Å². The monoisotopic (exact) mass is 343 g/mol. The summed E-state index contributed by atoms with van der Waals surface area (Å²) in [4.78, 5) is 11.8. The van der Waals surface area contributed by atoms with Crippen molar-refractivity contribution in [2.75, 3.05) is 13.2 Å². The Morgan fingerprint density at radius 3 is 2.74 bits per heavy atom. The number of hydrogen-bond acceptors (Lipinski definition) is 4. The standard InChI is InChI=1S/C16H22FNO4S/c17-15-5-1-4-14(11-15)12-23(20,21)18-16(19)6-2-3-13-7-9-22-10-8-13/h1,4-5,11,13H,2-3,6-10,12H2,(H,18,19). The first-order valence-corrected chi connectivity index (χ1v) is 9.45. The Labute approximate surface area is 136 Å². The second kappa shape index (κ2) is 8.40. The Morgan fingerprint density at radius 2 is 2.04 bits per heavy atom. The molecule has 1 aromatic carbocycles. The van der Waals surface area contributed by atoms with Crippen LogP contribution in [0.1, 0.15) is 37.7 Å². The summed E-state index contributed by atoms with van der Waals surface area (Å²) in [6, 6.07) is 5.34. The number of halogens is 1. The van der Waals surface area contributed by atoms with Crippen molar-refractivity contribution in [2.45, 2.75) is 37.9 Å². The van der Waals surface area contributed by atoms with E-state index in [0.29, 0.717) is 17.9 Å². The Kier molecular flexibility index (Phi) is 6.53. The molecule has 128 valence electrons. The second-order valence-electron chi connectivity index (χ2n) is 5.86. The Morgan fingerprint density at radius 1 is 1.30 bits per heavy atom. The van der Waals surface area contributed by atoms with Crippen molar-refractivity contribution >= 4 is 15.9 Å². The molecule has 0 aromatic heterocycles. The van der Waals surface area contributed by atoms with Gasteiger partial charge >= 0.3 is 0 Å². The third kappa shape index (κ3) is 6.66. The lowest BCUT2D eigenvalue weighted by Crippen LogP contribution is -2.31. The van der Waals surface area contributed by atoms with Gasteiger partial charge in [-0.25, -0.2) is 12.8 Å². The van der Waals surface area contributed by atoms with E-state index in [1.807, 2.05) is 4.72 Å². The second-order valence-corrected chi connectivity index (χ2v) is 7.58. The third-order valence-electron chi connectivity index (χ3n) is 3.87. The highest BCUT2D eigenvalue weighted by molar-refractivity contribution is 7.89. The van der Waals surface area contributed by atoms with Gasteiger partial charge in [0.05, 0.1) is 5.75 Å². The first kappa shape index (κ1) is 17.9. The van der Waals surface area contributed by atoms with E-state index in [0.717, 1.165) is 38.5 Å². The van der Waals surface area contributed by atoms with Gasteiger partial charge in [-0.3, -0.25) is 9.52 Å². The van der Waals surface area contributed by atoms with Crippen LogP contribution in [0.15, 0.2) is 24.3 Å². The van der Waals surface area contributed by atoms with Crippen LogP contribution in [-0.2, 0) is 25.3 Å². The van der Waals surface area contributed by atoms with E-state index in [1.54, 1.807) is 0 Å². The fourth-order valence-corrected chi connectivity index (χ4v) is 3.83. The molecule has 1 aliphatic heterocycles. The number of sulfonamides is 1. The number of hydrogen-bond donors (Lipinski definition) is 1. The molecule has 1 N–H and O–H groups in total. The number of benzene rings is 1. The van der Waals surface area contributed by atoms with Crippen molar-refractivity contribution in [1.29, 1.82) is 0 Å². The highest BCUT2D eigenvalue weighted by Crippen LogP contribution is 2.20. The summed E-state index contributed by atoms with van der Waals surface area (Å²) in [7, 11) is -3.79. The normalized spacial score (nSPS) is 16.2. The summed E-state index contributed by atoms with van der Waals surface area (Å²) < 4.78 is 44.2. The van der Waals surface area contributed by atoms with E-state index in [9.17, 15) is 17.6 Å². The molecule has 0 aliphatic carbocycles. The van der Waals surface area contributed by atoms with Crippen LogP contribution in [0.5, 0.6) is 0 Å². The van der Waals surface area contributed by atoms with Crippen molar-refractivity contribution < 1.29 is 22.3 Å². The minimum Gasteiger partial charge on any atom is -0.381 e. The van der Waals surface area contributed by atoms with Gasteiger partial charge in [-0.1, -0.05) is 12.1 Å². The molecule has 0 bridgehead atoms. The van der Waals surface area contributed by atoms with Crippen molar-refractivity contribution in [2.24, 2.45) is 5.92 Å². The smallest absolute Gasteiger partial charge is 0.239 e. The fraction of sp³-hybridized carbons (Fsp3) is 0.562.